The molecule has 1 aromatic carbocycles. The second kappa shape index (κ2) is 6.08. The predicted molar refractivity (Wildman–Crippen MR) is 90.1 cm³/mol. The van der Waals surface area contributed by atoms with Gasteiger partial charge >= 0.3 is 0 Å². The Morgan fingerprint density at radius 3 is 2.50 bits per heavy atom. The van der Waals surface area contributed by atoms with Gasteiger partial charge in [-0.2, -0.15) is 0 Å². The molecule has 1 N–H and O–H groups in total. The van der Waals surface area contributed by atoms with Crippen LogP contribution in [0.4, 0.5) is 0 Å². The monoisotopic (exact) mass is 382 g/mol. The summed E-state index contributed by atoms with van der Waals surface area (Å²) in [6.07, 6.45) is 1.82. The number of aromatic amines is 1. The SMILES string of the molecule is CCCc1nc(C(C)(C)c2ccccc2)[nH]c(=O)c1I. The van der Waals surface area contributed by atoms with Crippen molar-refractivity contribution in [1.82, 2.24) is 9.97 Å². The second-order valence-corrected chi connectivity index (χ2v) is 6.49. The highest BCUT2D eigenvalue weighted by atomic mass is 127. The number of aryl methyl sites for hydroxylation is 1. The van der Waals surface area contributed by atoms with Crippen LogP contribution in [-0.4, -0.2) is 9.97 Å². The van der Waals surface area contributed by atoms with Crippen molar-refractivity contribution in [2.75, 3.05) is 0 Å². The van der Waals surface area contributed by atoms with Crippen LogP contribution in [0.15, 0.2) is 35.1 Å². The third-order valence-electron chi connectivity index (χ3n) is 3.51. The lowest BCUT2D eigenvalue weighted by Gasteiger charge is -2.24. The van der Waals surface area contributed by atoms with Crippen LogP contribution >= 0.6 is 22.6 Å². The van der Waals surface area contributed by atoms with Crippen LogP contribution in [0.3, 0.4) is 0 Å². The van der Waals surface area contributed by atoms with E-state index in [2.05, 4.69) is 60.5 Å². The molecular formula is C16H19IN2O. The number of nitrogens with one attached hydrogen (secondary N) is 1. The van der Waals surface area contributed by atoms with Crippen molar-refractivity contribution in [3.8, 4) is 0 Å². The minimum Gasteiger partial charge on any atom is -0.309 e. The lowest BCUT2D eigenvalue weighted by molar-refractivity contribution is 0.579. The van der Waals surface area contributed by atoms with E-state index in [1.165, 1.54) is 0 Å². The van der Waals surface area contributed by atoms with Crippen LogP contribution in [0, 0.1) is 3.57 Å². The van der Waals surface area contributed by atoms with Gasteiger partial charge in [0.2, 0.25) is 0 Å². The number of hydrogen-bond donors (Lipinski definition) is 1. The summed E-state index contributed by atoms with van der Waals surface area (Å²) in [4.78, 5) is 19.8. The summed E-state index contributed by atoms with van der Waals surface area (Å²) in [5, 5.41) is 0. The van der Waals surface area contributed by atoms with E-state index in [1.807, 2.05) is 18.2 Å². The van der Waals surface area contributed by atoms with Gasteiger partial charge in [0.05, 0.1) is 9.26 Å². The van der Waals surface area contributed by atoms with Gasteiger partial charge in [0, 0.05) is 5.41 Å². The lowest BCUT2D eigenvalue weighted by atomic mass is 9.83. The highest BCUT2D eigenvalue weighted by Crippen LogP contribution is 2.28. The molecule has 20 heavy (non-hydrogen) atoms. The minimum atomic E-state index is -0.312. The molecule has 1 aromatic heterocycles. The largest absolute Gasteiger partial charge is 0.309 e. The Hall–Kier alpha value is -1.17. The average molecular weight is 382 g/mol. The highest BCUT2D eigenvalue weighted by Gasteiger charge is 2.26. The zero-order chi connectivity index (χ0) is 14.8. The zero-order valence-corrected chi connectivity index (χ0v) is 14.2. The van der Waals surface area contributed by atoms with Crippen LogP contribution in [0.5, 0.6) is 0 Å². The van der Waals surface area contributed by atoms with Gasteiger partial charge in [0.15, 0.2) is 0 Å². The van der Waals surface area contributed by atoms with E-state index in [1.54, 1.807) is 0 Å². The Balaban J connectivity index is 2.55. The lowest BCUT2D eigenvalue weighted by Crippen LogP contribution is -2.28. The maximum atomic E-state index is 12.1. The molecule has 0 bridgehead atoms. The van der Waals surface area contributed by atoms with E-state index in [9.17, 15) is 4.79 Å². The highest BCUT2D eigenvalue weighted by molar-refractivity contribution is 14.1. The molecule has 0 fully saturated rings. The summed E-state index contributed by atoms with van der Waals surface area (Å²) in [7, 11) is 0. The average Bonchev–Trinajstić information content (AvgIpc) is 2.44. The Bertz CT molecular complexity index is 647. The first-order valence-electron chi connectivity index (χ1n) is 6.81. The smallest absolute Gasteiger partial charge is 0.264 e. The molecule has 0 saturated carbocycles. The molecule has 0 amide bonds. The van der Waals surface area contributed by atoms with Crippen molar-refractivity contribution in [2.45, 2.75) is 39.0 Å². The number of nitrogens with zero attached hydrogens (tertiary/aromatic N) is 1. The molecule has 0 spiro atoms. The molecule has 0 unspecified atom stereocenters. The molecule has 3 nitrogen and oxygen atoms in total. The van der Waals surface area contributed by atoms with E-state index in [4.69, 9.17) is 4.98 Å². The van der Waals surface area contributed by atoms with Gasteiger partial charge in [0.25, 0.3) is 5.56 Å². The first-order chi connectivity index (χ1) is 9.46. The van der Waals surface area contributed by atoms with Crippen molar-refractivity contribution >= 4 is 22.6 Å². The van der Waals surface area contributed by atoms with Gasteiger partial charge in [0.1, 0.15) is 5.82 Å². The topological polar surface area (TPSA) is 45.8 Å². The van der Waals surface area contributed by atoms with Crippen molar-refractivity contribution in [1.29, 1.82) is 0 Å². The van der Waals surface area contributed by atoms with Gasteiger partial charge in [-0.25, -0.2) is 4.98 Å². The third-order valence-corrected chi connectivity index (χ3v) is 4.62. The standard InChI is InChI=1S/C16H19IN2O/c1-4-8-12-13(17)14(20)19-15(18-12)16(2,3)11-9-6-5-7-10-11/h5-7,9-10H,4,8H2,1-3H3,(H,18,19,20). The molecule has 106 valence electrons. The normalized spacial score (nSPS) is 11.6. The molecule has 0 radical (unpaired) electrons. The zero-order valence-electron chi connectivity index (χ0n) is 12.0. The van der Waals surface area contributed by atoms with Crippen LogP contribution in [0.2, 0.25) is 0 Å². The van der Waals surface area contributed by atoms with E-state index >= 15 is 0 Å². The quantitative estimate of drug-likeness (QED) is 0.821. The van der Waals surface area contributed by atoms with E-state index in [-0.39, 0.29) is 11.0 Å². The van der Waals surface area contributed by atoms with Crippen LogP contribution in [0.1, 0.15) is 44.3 Å². The fourth-order valence-electron chi connectivity index (χ4n) is 2.20. The summed E-state index contributed by atoms with van der Waals surface area (Å²) in [6, 6.07) is 10.1. The van der Waals surface area contributed by atoms with Crippen molar-refractivity contribution in [3.63, 3.8) is 0 Å². The summed E-state index contributed by atoms with van der Waals surface area (Å²) < 4.78 is 0.706. The van der Waals surface area contributed by atoms with Gasteiger partial charge in [-0.1, -0.05) is 43.7 Å². The molecule has 2 rings (SSSR count). The number of H-pyrrole nitrogens is 1. The molecule has 0 aliphatic carbocycles. The summed E-state index contributed by atoms with van der Waals surface area (Å²) >= 11 is 2.08. The Labute approximate surface area is 133 Å². The number of rotatable bonds is 4. The third kappa shape index (κ3) is 2.95. The Kier molecular flexibility index (Phi) is 4.62. The van der Waals surface area contributed by atoms with Crippen molar-refractivity contribution in [3.05, 3.63) is 61.3 Å². The number of aromatic nitrogens is 2. The van der Waals surface area contributed by atoms with Gasteiger partial charge in [-0.3, -0.25) is 4.79 Å². The molecule has 0 aliphatic rings. The van der Waals surface area contributed by atoms with E-state index in [0.29, 0.717) is 3.57 Å². The van der Waals surface area contributed by atoms with Gasteiger partial charge in [-0.15, -0.1) is 0 Å². The van der Waals surface area contributed by atoms with Crippen LogP contribution in [-0.2, 0) is 11.8 Å². The number of benzene rings is 1. The molecule has 0 atom stereocenters. The van der Waals surface area contributed by atoms with Gasteiger partial charge < -0.3 is 4.98 Å². The first kappa shape index (κ1) is 15.2. The van der Waals surface area contributed by atoms with Crippen LogP contribution in [0.25, 0.3) is 0 Å². The predicted octanol–water partition coefficient (Wildman–Crippen LogP) is 3.65. The first-order valence-corrected chi connectivity index (χ1v) is 7.89. The molecule has 1 heterocycles. The number of halogens is 1. The summed E-state index contributed by atoms with van der Waals surface area (Å²) in [5.41, 5.74) is 1.69. The molecular weight excluding hydrogens is 363 g/mol. The van der Waals surface area contributed by atoms with E-state index < -0.39 is 0 Å². The van der Waals surface area contributed by atoms with Crippen LogP contribution < -0.4 is 5.56 Å². The van der Waals surface area contributed by atoms with Crippen molar-refractivity contribution < 1.29 is 0 Å². The maximum absolute atomic E-state index is 12.1. The van der Waals surface area contributed by atoms with Gasteiger partial charge in [-0.05, 0) is 48.4 Å². The fraction of sp³-hybridized carbons (Fsp3) is 0.375. The summed E-state index contributed by atoms with van der Waals surface area (Å²) in [6.45, 7) is 6.27. The second-order valence-electron chi connectivity index (χ2n) is 5.42. The number of hydrogen-bond acceptors (Lipinski definition) is 2. The van der Waals surface area contributed by atoms with Crippen molar-refractivity contribution in [2.24, 2.45) is 0 Å². The Morgan fingerprint density at radius 1 is 1.25 bits per heavy atom. The molecule has 0 aliphatic heterocycles. The molecule has 4 heteroatoms. The molecule has 0 saturated heterocycles. The fourth-order valence-corrected chi connectivity index (χ4v) is 2.72. The Morgan fingerprint density at radius 2 is 1.90 bits per heavy atom. The minimum absolute atomic E-state index is 0.0388. The maximum Gasteiger partial charge on any atom is 0.264 e. The van der Waals surface area contributed by atoms with E-state index in [0.717, 1.165) is 29.9 Å². The summed E-state index contributed by atoms with van der Waals surface area (Å²) in [5.74, 6) is 0.734. The molecule has 2 aromatic rings.